The third-order valence-corrected chi connectivity index (χ3v) is 5.52. The van der Waals surface area contributed by atoms with E-state index in [0.717, 1.165) is 31.0 Å². The van der Waals surface area contributed by atoms with Gasteiger partial charge in [-0.1, -0.05) is 35.5 Å². The van der Waals surface area contributed by atoms with Crippen LogP contribution in [-0.4, -0.2) is 35.6 Å². The lowest BCUT2D eigenvalue weighted by atomic mass is 9.94. The molecule has 0 saturated carbocycles. The molecule has 31 heavy (non-hydrogen) atoms. The third-order valence-electron chi connectivity index (χ3n) is 4.26. The van der Waals surface area contributed by atoms with Crippen LogP contribution < -0.4 is 5.32 Å². The molecule has 3 rings (SSSR count). The molecule has 1 heterocycles. The number of anilines is 1. The van der Waals surface area contributed by atoms with Crippen LogP contribution in [0.2, 0.25) is 5.02 Å². The molecule has 6 nitrogen and oxygen atoms in total. The second-order valence-corrected chi connectivity index (χ2v) is 7.74. The van der Waals surface area contributed by atoms with Crippen LogP contribution in [-0.2, 0) is 20.5 Å². The fourth-order valence-corrected chi connectivity index (χ4v) is 3.92. The third kappa shape index (κ3) is 5.08. The number of halogens is 4. The normalized spacial score (nSPS) is 15.7. The number of carbonyl (C=O) groups is 3. The Hall–Kier alpha value is -2.85. The summed E-state index contributed by atoms with van der Waals surface area (Å²) in [6.07, 6.45) is -4.64. The van der Waals surface area contributed by atoms with Gasteiger partial charge in [0, 0.05) is 10.6 Å². The first-order valence-corrected chi connectivity index (χ1v) is 10.1. The number of Topliss-reactive ketones (excluding diaryl/α,β-unsaturated/α-hetero) is 1. The van der Waals surface area contributed by atoms with E-state index in [1.165, 1.54) is 30.3 Å². The smallest absolute Gasteiger partial charge is 0.418 e. The first-order valence-electron chi connectivity index (χ1n) is 8.71. The molecule has 1 aliphatic rings. The zero-order valence-electron chi connectivity index (χ0n) is 15.8. The number of aliphatic imine (C=N–C) groups is 1. The number of esters is 1. The second kappa shape index (κ2) is 9.11. The standard InChI is InChI=1S/C20H14ClF3N2O4S/c1-30-19(29)16-17(28)11-8-10(21)6-7-13(11)26-18(16)31-9-15(27)25-14-5-3-2-4-12(14)20(22,23)24/h2-8,16H,9H2,1H3,(H,25,27). The SMILES string of the molecule is COC(=O)C1C(=O)c2cc(Cl)ccc2N=C1SCC(=O)Nc1ccccc1C(F)(F)F. The Balaban J connectivity index is 1.81. The van der Waals surface area contributed by atoms with Gasteiger partial charge in [0.15, 0.2) is 11.7 Å². The molecule has 1 atom stereocenters. The zero-order valence-corrected chi connectivity index (χ0v) is 17.4. The van der Waals surface area contributed by atoms with Crippen molar-refractivity contribution >= 4 is 57.4 Å². The molecule has 1 aliphatic heterocycles. The Morgan fingerprint density at radius 3 is 2.61 bits per heavy atom. The molecule has 0 radical (unpaired) electrons. The van der Waals surface area contributed by atoms with Crippen molar-refractivity contribution in [3.05, 3.63) is 58.6 Å². The van der Waals surface area contributed by atoms with Crippen molar-refractivity contribution in [2.24, 2.45) is 10.9 Å². The van der Waals surface area contributed by atoms with Gasteiger partial charge in [0.25, 0.3) is 0 Å². The summed E-state index contributed by atoms with van der Waals surface area (Å²) >= 11 is 6.67. The molecule has 2 aromatic carbocycles. The van der Waals surface area contributed by atoms with Crippen LogP contribution in [0.1, 0.15) is 15.9 Å². The van der Waals surface area contributed by atoms with E-state index < -0.39 is 41.0 Å². The van der Waals surface area contributed by atoms with Gasteiger partial charge in [0.05, 0.1) is 34.8 Å². The molecule has 1 N–H and O–H groups in total. The maximum atomic E-state index is 13.1. The average Bonchev–Trinajstić information content (AvgIpc) is 2.72. The van der Waals surface area contributed by atoms with Crippen molar-refractivity contribution in [3.8, 4) is 0 Å². The predicted molar refractivity (Wildman–Crippen MR) is 111 cm³/mol. The number of nitrogens with zero attached hydrogens (tertiary/aromatic N) is 1. The van der Waals surface area contributed by atoms with Crippen LogP contribution in [0, 0.1) is 5.92 Å². The van der Waals surface area contributed by atoms with E-state index >= 15 is 0 Å². The summed E-state index contributed by atoms with van der Waals surface area (Å²) in [6.45, 7) is 0. The molecule has 162 valence electrons. The average molecular weight is 471 g/mol. The first kappa shape index (κ1) is 22.8. The number of amides is 1. The van der Waals surface area contributed by atoms with Gasteiger partial charge in [0.2, 0.25) is 5.91 Å². The van der Waals surface area contributed by atoms with Crippen molar-refractivity contribution in [2.75, 3.05) is 18.2 Å². The van der Waals surface area contributed by atoms with Gasteiger partial charge < -0.3 is 10.1 Å². The summed E-state index contributed by atoms with van der Waals surface area (Å²) < 4.78 is 44.0. The van der Waals surface area contributed by atoms with E-state index in [-0.39, 0.29) is 27.1 Å². The van der Waals surface area contributed by atoms with Crippen LogP contribution >= 0.6 is 23.4 Å². The number of hydrogen-bond donors (Lipinski definition) is 1. The fraction of sp³-hybridized carbons (Fsp3) is 0.200. The van der Waals surface area contributed by atoms with Crippen molar-refractivity contribution < 1.29 is 32.3 Å². The molecule has 0 saturated heterocycles. The number of rotatable bonds is 4. The Kier molecular flexibility index (Phi) is 6.71. The van der Waals surface area contributed by atoms with Crippen LogP contribution in [0.3, 0.4) is 0 Å². The van der Waals surface area contributed by atoms with Crippen molar-refractivity contribution in [1.29, 1.82) is 0 Å². The van der Waals surface area contributed by atoms with Gasteiger partial charge in [-0.2, -0.15) is 13.2 Å². The highest BCUT2D eigenvalue weighted by molar-refractivity contribution is 8.14. The fourth-order valence-electron chi connectivity index (χ4n) is 2.86. The number of alkyl halides is 3. The number of methoxy groups -OCH3 is 1. The van der Waals surface area contributed by atoms with Gasteiger partial charge in [-0.3, -0.25) is 14.4 Å². The largest absolute Gasteiger partial charge is 0.468 e. The topological polar surface area (TPSA) is 84.8 Å². The number of para-hydroxylation sites is 1. The van der Waals surface area contributed by atoms with Gasteiger partial charge in [-0.25, -0.2) is 4.99 Å². The highest BCUT2D eigenvalue weighted by atomic mass is 35.5. The van der Waals surface area contributed by atoms with Gasteiger partial charge >= 0.3 is 12.1 Å². The highest BCUT2D eigenvalue weighted by Crippen LogP contribution is 2.36. The minimum atomic E-state index is -4.64. The maximum Gasteiger partial charge on any atom is 0.418 e. The Morgan fingerprint density at radius 1 is 1.23 bits per heavy atom. The summed E-state index contributed by atoms with van der Waals surface area (Å²) in [7, 11) is 1.10. The van der Waals surface area contributed by atoms with Crippen LogP contribution in [0.25, 0.3) is 0 Å². The summed E-state index contributed by atoms with van der Waals surface area (Å²) in [4.78, 5) is 41.5. The Labute approximate surface area is 183 Å². The molecule has 1 amide bonds. The van der Waals surface area contributed by atoms with Crippen molar-refractivity contribution in [3.63, 3.8) is 0 Å². The summed E-state index contributed by atoms with van der Waals surface area (Å²) in [5, 5.41) is 2.49. The lowest BCUT2D eigenvalue weighted by molar-refractivity contribution is -0.141. The van der Waals surface area contributed by atoms with Gasteiger partial charge in [0.1, 0.15) is 0 Å². The van der Waals surface area contributed by atoms with E-state index in [0.29, 0.717) is 0 Å². The van der Waals surface area contributed by atoms with E-state index in [2.05, 4.69) is 15.0 Å². The summed E-state index contributed by atoms with van der Waals surface area (Å²) in [6, 6.07) is 8.92. The van der Waals surface area contributed by atoms with Crippen molar-refractivity contribution in [2.45, 2.75) is 6.18 Å². The number of benzene rings is 2. The van der Waals surface area contributed by atoms with Crippen LogP contribution in [0.4, 0.5) is 24.5 Å². The van der Waals surface area contributed by atoms with Gasteiger partial charge in [-0.05, 0) is 30.3 Å². The van der Waals surface area contributed by atoms with Crippen molar-refractivity contribution in [1.82, 2.24) is 0 Å². The lowest BCUT2D eigenvalue weighted by Crippen LogP contribution is -2.34. The van der Waals surface area contributed by atoms with E-state index in [1.54, 1.807) is 0 Å². The molecule has 0 fully saturated rings. The maximum absolute atomic E-state index is 13.1. The number of thioether (sulfide) groups is 1. The Bertz CT molecular complexity index is 1090. The summed E-state index contributed by atoms with van der Waals surface area (Å²) in [5.41, 5.74) is -0.987. The molecular formula is C20H14ClF3N2O4S. The van der Waals surface area contributed by atoms with Crippen LogP contribution in [0.5, 0.6) is 0 Å². The number of ketones is 1. The van der Waals surface area contributed by atoms with E-state index in [4.69, 9.17) is 11.6 Å². The van der Waals surface area contributed by atoms with Gasteiger partial charge in [-0.15, -0.1) is 0 Å². The molecule has 11 heteroatoms. The van der Waals surface area contributed by atoms with E-state index in [9.17, 15) is 27.6 Å². The monoisotopic (exact) mass is 470 g/mol. The second-order valence-electron chi connectivity index (χ2n) is 6.31. The number of ether oxygens (including phenoxy) is 1. The number of nitrogens with one attached hydrogen (secondary N) is 1. The minimum absolute atomic E-state index is 0.00549. The number of fused-ring (bicyclic) bond motifs is 1. The molecule has 0 bridgehead atoms. The number of carbonyl (C=O) groups excluding carboxylic acids is 3. The highest BCUT2D eigenvalue weighted by Gasteiger charge is 2.39. The Morgan fingerprint density at radius 2 is 1.94 bits per heavy atom. The summed E-state index contributed by atoms with van der Waals surface area (Å²) in [5.74, 6) is -4.00. The molecule has 2 aromatic rings. The first-order chi connectivity index (χ1) is 14.6. The molecule has 0 aromatic heterocycles. The lowest BCUT2D eigenvalue weighted by Gasteiger charge is -2.21. The predicted octanol–water partition coefficient (Wildman–Crippen LogP) is 4.75. The quantitative estimate of drug-likeness (QED) is 0.515. The van der Waals surface area contributed by atoms with E-state index in [1.807, 2.05) is 0 Å². The minimum Gasteiger partial charge on any atom is -0.468 e. The number of hydrogen-bond acceptors (Lipinski definition) is 6. The van der Waals surface area contributed by atoms with Crippen LogP contribution in [0.15, 0.2) is 47.5 Å². The molecule has 0 spiro atoms. The molecule has 0 aliphatic carbocycles. The zero-order chi connectivity index (χ0) is 22.8. The molecular weight excluding hydrogens is 457 g/mol. The molecule has 1 unspecified atom stereocenters.